The van der Waals surface area contributed by atoms with Crippen molar-refractivity contribution in [1.29, 1.82) is 0 Å². The molecule has 268 valence electrons. The largest absolute Gasteiger partial charge is 0.507 e. The van der Waals surface area contributed by atoms with E-state index in [0.29, 0.717) is 11.4 Å². The molecule has 1 N–H and O–H groups in total. The fraction of sp³-hybridized carbons (Fsp3) is 0.791. The molecule has 0 atom stereocenters. The van der Waals surface area contributed by atoms with Crippen LogP contribution in [0.25, 0.3) is 11.4 Å². The summed E-state index contributed by atoms with van der Waals surface area (Å²) in [6.07, 6.45) is 42.9. The van der Waals surface area contributed by atoms with Crippen molar-refractivity contribution in [3.05, 3.63) is 35.9 Å². The van der Waals surface area contributed by atoms with Gasteiger partial charge in [-0.15, -0.1) is 0 Å². The summed E-state index contributed by atoms with van der Waals surface area (Å²) in [5.41, 5.74) is 0.713. The highest BCUT2D eigenvalue weighted by Gasteiger charge is 2.12. The summed E-state index contributed by atoms with van der Waals surface area (Å²) in [7, 11) is 0. The van der Waals surface area contributed by atoms with Gasteiger partial charge in [0.15, 0.2) is 5.82 Å². The average Bonchev–Trinajstić information content (AvgIpc) is 3.08. The molecule has 0 unspecified atom stereocenters. The Morgan fingerprint density at radius 1 is 0.383 bits per heavy atom. The molecule has 0 aliphatic heterocycles. The summed E-state index contributed by atoms with van der Waals surface area (Å²) in [4.78, 5) is 14.5. The molecule has 0 aliphatic carbocycles. The van der Waals surface area contributed by atoms with Gasteiger partial charge in [-0.3, -0.25) is 0 Å². The predicted molar refractivity (Wildman–Crippen MR) is 204 cm³/mol. The summed E-state index contributed by atoms with van der Waals surface area (Å²) in [6, 6.07) is 7.44. The first-order valence-corrected chi connectivity index (χ1v) is 20.8. The summed E-state index contributed by atoms with van der Waals surface area (Å²) < 4.78 is 0. The van der Waals surface area contributed by atoms with Gasteiger partial charge >= 0.3 is 0 Å². The van der Waals surface area contributed by atoms with Gasteiger partial charge < -0.3 is 5.11 Å². The molecule has 0 spiro atoms. The first-order chi connectivity index (χ1) is 23.2. The third kappa shape index (κ3) is 22.3. The molecule has 47 heavy (non-hydrogen) atoms. The van der Waals surface area contributed by atoms with Crippen molar-refractivity contribution in [2.45, 2.75) is 219 Å². The van der Waals surface area contributed by atoms with E-state index in [-0.39, 0.29) is 5.75 Å². The number of rotatable bonds is 33. The normalized spacial score (nSPS) is 11.4. The van der Waals surface area contributed by atoms with Crippen molar-refractivity contribution >= 4 is 0 Å². The lowest BCUT2D eigenvalue weighted by atomic mass is 10.0. The van der Waals surface area contributed by atoms with Crippen molar-refractivity contribution in [3.8, 4) is 17.1 Å². The van der Waals surface area contributed by atoms with Crippen LogP contribution in [0.15, 0.2) is 24.3 Å². The van der Waals surface area contributed by atoms with E-state index < -0.39 is 0 Å². The Labute approximate surface area is 291 Å². The SMILES string of the molecule is CCCCCCCCCCCCCCCCCc1nc(CCCCCCCCCCCCCCCCC)nc(-c2ccccc2O)n1. The number of phenols is 1. The lowest BCUT2D eigenvalue weighted by molar-refractivity contribution is 0.476. The second-order valence-electron chi connectivity index (χ2n) is 14.4. The van der Waals surface area contributed by atoms with Crippen LogP contribution in [0.3, 0.4) is 0 Å². The molecular formula is C43H75N3O. The highest BCUT2D eigenvalue weighted by molar-refractivity contribution is 5.63. The molecule has 0 saturated heterocycles. The van der Waals surface area contributed by atoms with Crippen molar-refractivity contribution in [2.24, 2.45) is 0 Å². The van der Waals surface area contributed by atoms with E-state index in [1.807, 2.05) is 18.2 Å². The van der Waals surface area contributed by atoms with Crippen LogP contribution >= 0.6 is 0 Å². The topological polar surface area (TPSA) is 58.9 Å². The van der Waals surface area contributed by atoms with Crippen LogP contribution in [0.4, 0.5) is 0 Å². The first-order valence-electron chi connectivity index (χ1n) is 20.8. The van der Waals surface area contributed by atoms with Gasteiger partial charge in [-0.2, -0.15) is 0 Å². The van der Waals surface area contributed by atoms with Gasteiger partial charge in [-0.05, 0) is 25.0 Å². The number of hydrogen-bond donors (Lipinski definition) is 1. The minimum Gasteiger partial charge on any atom is -0.507 e. The lowest BCUT2D eigenvalue weighted by Crippen LogP contribution is -2.06. The fourth-order valence-corrected chi connectivity index (χ4v) is 6.78. The van der Waals surface area contributed by atoms with E-state index in [0.717, 1.165) is 37.3 Å². The number of hydrogen-bond acceptors (Lipinski definition) is 4. The highest BCUT2D eigenvalue weighted by Crippen LogP contribution is 2.26. The van der Waals surface area contributed by atoms with Crippen LogP contribution in [0.1, 0.15) is 218 Å². The minimum absolute atomic E-state index is 0.245. The van der Waals surface area contributed by atoms with Gasteiger partial charge in [-0.1, -0.05) is 206 Å². The Morgan fingerprint density at radius 2 is 0.681 bits per heavy atom. The predicted octanol–water partition coefficient (Wildman–Crippen LogP) is 14.1. The first kappa shape index (κ1) is 41.2. The summed E-state index contributed by atoms with van der Waals surface area (Å²) in [6.45, 7) is 4.59. The van der Waals surface area contributed by atoms with Gasteiger partial charge in [0.1, 0.15) is 17.4 Å². The highest BCUT2D eigenvalue weighted by atomic mass is 16.3. The van der Waals surface area contributed by atoms with Gasteiger partial charge in [-0.25, -0.2) is 15.0 Å². The fourth-order valence-electron chi connectivity index (χ4n) is 6.78. The molecule has 4 nitrogen and oxygen atoms in total. The van der Waals surface area contributed by atoms with Crippen molar-refractivity contribution in [1.82, 2.24) is 15.0 Å². The maximum absolute atomic E-state index is 10.5. The Hall–Kier alpha value is -1.97. The minimum atomic E-state index is 0.245. The van der Waals surface area contributed by atoms with Gasteiger partial charge in [0.05, 0.1) is 5.56 Å². The zero-order valence-corrected chi connectivity index (χ0v) is 31.2. The van der Waals surface area contributed by atoms with Gasteiger partial charge in [0, 0.05) is 12.8 Å². The molecule has 2 rings (SSSR count). The van der Waals surface area contributed by atoms with E-state index in [9.17, 15) is 5.11 Å². The van der Waals surface area contributed by atoms with E-state index in [1.54, 1.807) is 6.07 Å². The Bertz CT molecular complexity index is 925. The summed E-state index contributed by atoms with van der Waals surface area (Å²) in [5.74, 6) is 2.66. The number of unbranched alkanes of at least 4 members (excludes halogenated alkanes) is 28. The summed E-state index contributed by atoms with van der Waals surface area (Å²) in [5, 5.41) is 10.5. The average molecular weight is 650 g/mol. The molecule has 0 amide bonds. The molecular weight excluding hydrogens is 574 g/mol. The molecule has 0 bridgehead atoms. The van der Waals surface area contributed by atoms with E-state index in [2.05, 4.69) is 13.8 Å². The van der Waals surface area contributed by atoms with E-state index in [4.69, 9.17) is 15.0 Å². The van der Waals surface area contributed by atoms with Crippen LogP contribution < -0.4 is 0 Å². The summed E-state index contributed by atoms with van der Waals surface area (Å²) >= 11 is 0. The van der Waals surface area contributed by atoms with Crippen LogP contribution in [-0.2, 0) is 12.8 Å². The van der Waals surface area contributed by atoms with Gasteiger partial charge in [0.25, 0.3) is 0 Å². The molecule has 4 heteroatoms. The monoisotopic (exact) mass is 650 g/mol. The van der Waals surface area contributed by atoms with Crippen LogP contribution in [0.2, 0.25) is 0 Å². The van der Waals surface area contributed by atoms with E-state index in [1.165, 1.54) is 180 Å². The molecule has 1 heterocycles. The Morgan fingerprint density at radius 3 is 1.00 bits per heavy atom. The number of aromatic hydroxyl groups is 1. The number of aromatic nitrogens is 3. The van der Waals surface area contributed by atoms with Crippen molar-refractivity contribution < 1.29 is 5.11 Å². The van der Waals surface area contributed by atoms with Crippen LogP contribution in [-0.4, -0.2) is 20.1 Å². The Kier molecular flexibility index (Phi) is 26.4. The molecule has 0 fully saturated rings. The zero-order valence-electron chi connectivity index (χ0n) is 31.2. The van der Waals surface area contributed by atoms with Gasteiger partial charge in [0.2, 0.25) is 0 Å². The molecule has 1 aromatic carbocycles. The number of aryl methyl sites for hydroxylation is 2. The second kappa shape index (κ2) is 30.1. The lowest BCUT2D eigenvalue weighted by Gasteiger charge is -2.09. The molecule has 0 aliphatic rings. The maximum atomic E-state index is 10.5. The Balaban J connectivity index is 1.60. The second-order valence-corrected chi connectivity index (χ2v) is 14.4. The standard InChI is InChI=1S/C43H75N3O/c1-3-5-7-9-11-13-15-17-19-21-23-25-27-29-31-37-41-44-42(46-43(45-41)39-35-33-34-36-40(39)47)38-32-30-28-26-24-22-20-18-16-14-12-10-8-6-4-2/h33-36,47H,3-32,37-38H2,1-2H3. The third-order valence-corrected chi connectivity index (χ3v) is 9.88. The van der Waals surface area contributed by atoms with Crippen molar-refractivity contribution in [2.75, 3.05) is 0 Å². The molecule has 2 aromatic rings. The van der Waals surface area contributed by atoms with Crippen LogP contribution in [0, 0.1) is 0 Å². The zero-order chi connectivity index (χ0) is 33.5. The van der Waals surface area contributed by atoms with Crippen molar-refractivity contribution in [3.63, 3.8) is 0 Å². The number of para-hydroxylation sites is 1. The number of nitrogens with zero attached hydrogens (tertiary/aromatic N) is 3. The van der Waals surface area contributed by atoms with E-state index >= 15 is 0 Å². The maximum Gasteiger partial charge on any atom is 0.167 e. The van der Waals surface area contributed by atoms with Crippen LogP contribution in [0.5, 0.6) is 5.75 Å². The molecule has 0 saturated carbocycles. The molecule has 0 radical (unpaired) electrons. The molecule has 1 aromatic heterocycles. The number of phenolic OH excluding ortho intramolecular Hbond substituents is 1. The number of benzene rings is 1. The third-order valence-electron chi connectivity index (χ3n) is 9.88. The smallest absolute Gasteiger partial charge is 0.167 e. The quantitative estimate of drug-likeness (QED) is 0.0782.